The standard InChI is InChI=1S/C25H25N3O4/c29-24(18-31-21-8-10-23(11-9-21)32-22-6-2-1-3-7-22)28-15-12-20(13-16-28)27-25(30)19-5-4-14-26-17-19/h1-11,14,17,20H,12-13,15-16,18H2,(H,27,30). The molecule has 4 rings (SSSR count). The molecule has 2 aromatic carbocycles. The molecule has 2 heterocycles. The van der Waals surface area contributed by atoms with Crippen molar-refractivity contribution in [3.8, 4) is 17.2 Å². The summed E-state index contributed by atoms with van der Waals surface area (Å²) in [6.45, 7) is 1.15. The van der Waals surface area contributed by atoms with E-state index in [1.807, 2.05) is 42.5 Å². The number of pyridine rings is 1. The monoisotopic (exact) mass is 431 g/mol. The number of para-hydroxylation sites is 1. The Balaban J connectivity index is 1.19. The largest absolute Gasteiger partial charge is 0.484 e. The first kappa shape index (κ1) is 21.4. The van der Waals surface area contributed by atoms with Gasteiger partial charge in [-0.2, -0.15) is 0 Å². The highest BCUT2D eigenvalue weighted by molar-refractivity contribution is 5.94. The number of rotatable bonds is 7. The molecule has 2 amide bonds. The van der Waals surface area contributed by atoms with Gasteiger partial charge in [0.25, 0.3) is 11.8 Å². The molecule has 1 N–H and O–H groups in total. The van der Waals surface area contributed by atoms with Crippen molar-refractivity contribution in [2.75, 3.05) is 19.7 Å². The molecule has 0 bridgehead atoms. The lowest BCUT2D eigenvalue weighted by molar-refractivity contribution is -0.134. The number of piperidine rings is 1. The molecular formula is C25H25N3O4. The van der Waals surface area contributed by atoms with Crippen LogP contribution >= 0.6 is 0 Å². The lowest BCUT2D eigenvalue weighted by Gasteiger charge is -2.32. The molecule has 1 aliphatic rings. The summed E-state index contributed by atoms with van der Waals surface area (Å²) < 4.78 is 11.4. The predicted octanol–water partition coefficient (Wildman–Crippen LogP) is 3.67. The quantitative estimate of drug-likeness (QED) is 0.617. The zero-order valence-corrected chi connectivity index (χ0v) is 17.6. The molecule has 0 saturated carbocycles. The summed E-state index contributed by atoms with van der Waals surface area (Å²) >= 11 is 0. The molecule has 0 unspecified atom stereocenters. The second-order valence-corrected chi connectivity index (χ2v) is 7.55. The fourth-order valence-electron chi connectivity index (χ4n) is 3.50. The Morgan fingerprint density at radius 2 is 1.59 bits per heavy atom. The summed E-state index contributed by atoms with van der Waals surface area (Å²) in [6, 6.07) is 20.2. The van der Waals surface area contributed by atoms with Gasteiger partial charge in [0.2, 0.25) is 0 Å². The van der Waals surface area contributed by atoms with Gasteiger partial charge in [0.05, 0.1) is 5.56 Å². The van der Waals surface area contributed by atoms with Crippen molar-refractivity contribution < 1.29 is 19.1 Å². The molecular weight excluding hydrogens is 406 g/mol. The Labute approximate surface area is 187 Å². The van der Waals surface area contributed by atoms with Crippen LogP contribution in [0.25, 0.3) is 0 Å². The van der Waals surface area contributed by atoms with E-state index in [4.69, 9.17) is 9.47 Å². The minimum absolute atomic E-state index is 0.0222. The topological polar surface area (TPSA) is 80.8 Å². The van der Waals surface area contributed by atoms with Crippen molar-refractivity contribution in [1.29, 1.82) is 0 Å². The van der Waals surface area contributed by atoms with E-state index in [1.54, 1.807) is 41.6 Å². The van der Waals surface area contributed by atoms with Gasteiger partial charge in [-0.05, 0) is 61.4 Å². The van der Waals surface area contributed by atoms with Gasteiger partial charge in [-0.1, -0.05) is 18.2 Å². The van der Waals surface area contributed by atoms with Crippen LogP contribution in [0.1, 0.15) is 23.2 Å². The van der Waals surface area contributed by atoms with E-state index in [0.29, 0.717) is 43.0 Å². The number of ether oxygens (including phenoxy) is 2. The third-order valence-corrected chi connectivity index (χ3v) is 5.27. The maximum absolute atomic E-state index is 12.5. The molecule has 7 nitrogen and oxygen atoms in total. The summed E-state index contributed by atoms with van der Waals surface area (Å²) in [5.41, 5.74) is 0.541. The average Bonchev–Trinajstić information content (AvgIpc) is 2.85. The Bertz CT molecular complexity index is 1020. The van der Waals surface area contributed by atoms with E-state index in [0.717, 1.165) is 5.75 Å². The van der Waals surface area contributed by atoms with Crippen molar-refractivity contribution in [3.05, 3.63) is 84.7 Å². The van der Waals surface area contributed by atoms with Crippen molar-refractivity contribution in [2.24, 2.45) is 0 Å². The summed E-state index contributed by atoms with van der Waals surface area (Å²) in [5.74, 6) is 1.87. The number of carbonyl (C=O) groups excluding carboxylic acids is 2. The highest BCUT2D eigenvalue weighted by Gasteiger charge is 2.24. The molecule has 1 fully saturated rings. The zero-order chi connectivity index (χ0) is 22.2. The molecule has 164 valence electrons. The summed E-state index contributed by atoms with van der Waals surface area (Å²) in [6.07, 6.45) is 4.61. The van der Waals surface area contributed by atoms with E-state index in [-0.39, 0.29) is 24.5 Å². The second kappa shape index (κ2) is 10.4. The number of hydrogen-bond donors (Lipinski definition) is 1. The molecule has 0 atom stereocenters. The van der Waals surface area contributed by atoms with Gasteiger partial charge >= 0.3 is 0 Å². The number of nitrogens with one attached hydrogen (secondary N) is 1. The van der Waals surface area contributed by atoms with E-state index in [9.17, 15) is 9.59 Å². The van der Waals surface area contributed by atoms with Gasteiger partial charge in [-0.3, -0.25) is 14.6 Å². The van der Waals surface area contributed by atoms with Gasteiger partial charge in [0.1, 0.15) is 17.2 Å². The summed E-state index contributed by atoms with van der Waals surface area (Å²) in [5, 5.41) is 3.02. The number of carbonyl (C=O) groups is 2. The number of nitrogens with zero attached hydrogens (tertiary/aromatic N) is 2. The van der Waals surface area contributed by atoms with Crippen LogP contribution in [0.5, 0.6) is 17.2 Å². The number of likely N-dealkylation sites (tertiary alicyclic amines) is 1. The van der Waals surface area contributed by atoms with Gasteiger partial charge in [0, 0.05) is 31.5 Å². The van der Waals surface area contributed by atoms with Crippen molar-refractivity contribution in [1.82, 2.24) is 15.2 Å². The second-order valence-electron chi connectivity index (χ2n) is 7.55. The third-order valence-electron chi connectivity index (χ3n) is 5.27. The van der Waals surface area contributed by atoms with E-state index in [2.05, 4.69) is 10.3 Å². The number of benzene rings is 2. The minimum atomic E-state index is -0.133. The fraction of sp³-hybridized carbons (Fsp3) is 0.240. The van der Waals surface area contributed by atoms with Crippen LogP contribution in [-0.2, 0) is 4.79 Å². The van der Waals surface area contributed by atoms with Crippen LogP contribution in [-0.4, -0.2) is 47.4 Å². The van der Waals surface area contributed by atoms with Crippen LogP contribution in [0.15, 0.2) is 79.1 Å². The van der Waals surface area contributed by atoms with Gasteiger partial charge in [-0.25, -0.2) is 0 Å². The molecule has 1 aromatic heterocycles. The Morgan fingerprint density at radius 3 is 2.28 bits per heavy atom. The fourth-order valence-corrected chi connectivity index (χ4v) is 3.50. The first-order chi connectivity index (χ1) is 15.7. The first-order valence-corrected chi connectivity index (χ1v) is 10.6. The molecule has 32 heavy (non-hydrogen) atoms. The smallest absolute Gasteiger partial charge is 0.260 e. The SMILES string of the molecule is O=C(NC1CCN(C(=O)COc2ccc(Oc3ccccc3)cc2)CC1)c1cccnc1. The lowest BCUT2D eigenvalue weighted by Crippen LogP contribution is -2.47. The highest BCUT2D eigenvalue weighted by Crippen LogP contribution is 2.23. The Kier molecular flexibility index (Phi) is 6.97. The van der Waals surface area contributed by atoms with E-state index in [1.165, 1.54) is 0 Å². The number of aromatic nitrogens is 1. The van der Waals surface area contributed by atoms with Gasteiger partial charge < -0.3 is 19.7 Å². The van der Waals surface area contributed by atoms with Crippen LogP contribution in [0, 0.1) is 0 Å². The Morgan fingerprint density at radius 1 is 0.906 bits per heavy atom. The summed E-state index contributed by atoms with van der Waals surface area (Å²) in [7, 11) is 0. The molecule has 0 spiro atoms. The van der Waals surface area contributed by atoms with Crippen LogP contribution in [0.3, 0.4) is 0 Å². The van der Waals surface area contributed by atoms with Crippen molar-refractivity contribution in [2.45, 2.75) is 18.9 Å². The zero-order valence-electron chi connectivity index (χ0n) is 17.6. The van der Waals surface area contributed by atoms with E-state index < -0.39 is 0 Å². The minimum Gasteiger partial charge on any atom is -0.484 e. The van der Waals surface area contributed by atoms with Crippen LogP contribution in [0.4, 0.5) is 0 Å². The lowest BCUT2D eigenvalue weighted by atomic mass is 10.0. The molecule has 7 heteroatoms. The van der Waals surface area contributed by atoms with Crippen molar-refractivity contribution >= 4 is 11.8 Å². The van der Waals surface area contributed by atoms with Crippen LogP contribution in [0.2, 0.25) is 0 Å². The third kappa shape index (κ3) is 5.85. The highest BCUT2D eigenvalue weighted by atomic mass is 16.5. The predicted molar refractivity (Wildman–Crippen MR) is 120 cm³/mol. The maximum atomic E-state index is 12.5. The molecule has 1 saturated heterocycles. The summed E-state index contributed by atoms with van der Waals surface area (Å²) in [4.78, 5) is 30.5. The average molecular weight is 431 g/mol. The van der Waals surface area contributed by atoms with Crippen LogP contribution < -0.4 is 14.8 Å². The number of hydrogen-bond acceptors (Lipinski definition) is 5. The molecule has 0 aliphatic carbocycles. The molecule has 0 radical (unpaired) electrons. The first-order valence-electron chi connectivity index (χ1n) is 10.6. The molecule has 3 aromatic rings. The van der Waals surface area contributed by atoms with Gasteiger partial charge in [-0.15, -0.1) is 0 Å². The van der Waals surface area contributed by atoms with Gasteiger partial charge in [0.15, 0.2) is 6.61 Å². The number of amides is 2. The normalized spacial score (nSPS) is 13.9. The van der Waals surface area contributed by atoms with Crippen molar-refractivity contribution in [3.63, 3.8) is 0 Å². The maximum Gasteiger partial charge on any atom is 0.260 e. The molecule has 1 aliphatic heterocycles. The van der Waals surface area contributed by atoms with E-state index >= 15 is 0 Å². The Hall–Kier alpha value is -3.87.